The lowest BCUT2D eigenvalue weighted by Gasteiger charge is -2.32. The van der Waals surface area contributed by atoms with Gasteiger partial charge < -0.3 is 10.2 Å². The summed E-state index contributed by atoms with van der Waals surface area (Å²) in [5.74, 6) is -0.569. The van der Waals surface area contributed by atoms with E-state index in [2.05, 4.69) is 5.32 Å². The first-order chi connectivity index (χ1) is 8.59. The van der Waals surface area contributed by atoms with Crippen molar-refractivity contribution in [2.24, 2.45) is 0 Å². The van der Waals surface area contributed by atoms with Crippen molar-refractivity contribution >= 4 is 11.8 Å². The van der Waals surface area contributed by atoms with Crippen LogP contribution in [0, 0.1) is 5.82 Å². The Morgan fingerprint density at radius 2 is 2.11 bits per heavy atom. The molecule has 0 spiro atoms. The van der Waals surface area contributed by atoms with Crippen LogP contribution in [0.15, 0.2) is 24.3 Å². The fourth-order valence-electron chi connectivity index (χ4n) is 2.03. The summed E-state index contributed by atoms with van der Waals surface area (Å²) in [6, 6.07) is 5.98. The molecule has 0 aliphatic carbocycles. The Balaban J connectivity index is 2.03. The van der Waals surface area contributed by atoms with Crippen molar-refractivity contribution < 1.29 is 14.0 Å². The Bertz CT molecular complexity index is 476. The van der Waals surface area contributed by atoms with Gasteiger partial charge >= 0.3 is 0 Å². The van der Waals surface area contributed by atoms with Crippen LogP contribution in [0.1, 0.15) is 12.5 Å². The van der Waals surface area contributed by atoms with Gasteiger partial charge in [-0.3, -0.25) is 9.59 Å². The van der Waals surface area contributed by atoms with Crippen LogP contribution in [0.5, 0.6) is 0 Å². The van der Waals surface area contributed by atoms with Gasteiger partial charge in [0, 0.05) is 6.54 Å². The molecule has 1 N–H and O–H groups in total. The zero-order chi connectivity index (χ0) is 13.1. The Morgan fingerprint density at radius 1 is 1.39 bits per heavy atom. The Hall–Kier alpha value is -1.91. The number of carbonyl (C=O) groups is 2. The van der Waals surface area contributed by atoms with Gasteiger partial charge in [0.05, 0.1) is 6.54 Å². The van der Waals surface area contributed by atoms with E-state index in [4.69, 9.17) is 0 Å². The molecule has 1 aliphatic heterocycles. The predicted octanol–water partition coefficient (Wildman–Crippen LogP) is 0.715. The van der Waals surface area contributed by atoms with Crippen molar-refractivity contribution in [3.05, 3.63) is 35.6 Å². The van der Waals surface area contributed by atoms with E-state index in [9.17, 15) is 14.0 Å². The molecule has 5 heteroatoms. The number of hydrogen-bond acceptors (Lipinski definition) is 2. The van der Waals surface area contributed by atoms with Gasteiger partial charge in [0.1, 0.15) is 11.9 Å². The van der Waals surface area contributed by atoms with E-state index in [1.807, 2.05) is 0 Å². The van der Waals surface area contributed by atoms with Crippen LogP contribution >= 0.6 is 0 Å². The van der Waals surface area contributed by atoms with Crippen molar-refractivity contribution in [1.29, 1.82) is 0 Å². The minimum Gasteiger partial charge on any atom is -0.345 e. The van der Waals surface area contributed by atoms with Gasteiger partial charge in [-0.05, 0) is 25.0 Å². The van der Waals surface area contributed by atoms with Crippen LogP contribution in [0.2, 0.25) is 0 Å². The molecule has 2 rings (SSSR count). The maximum atomic E-state index is 13.4. The van der Waals surface area contributed by atoms with E-state index < -0.39 is 6.04 Å². The number of hydrogen-bond donors (Lipinski definition) is 1. The molecule has 1 fully saturated rings. The minimum absolute atomic E-state index is 0.0282. The molecule has 18 heavy (non-hydrogen) atoms. The van der Waals surface area contributed by atoms with Gasteiger partial charge in [0.25, 0.3) is 0 Å². The molecule has 0 saturated carbocycles. The summed E-state index contributed by atoms with van der Waals surface area (Å²) in [7, 11) is 0. The van der Waals surface area contributed by atoms with Crippen molar-refractivity contribution in [3.63, 3.8) is 0 Å². The Labute approximate surface area is 105 Å². The van der Waals surface area contributed by atoms with E-state index in [-0.39, 0.29) is 24.2 Å². The summed E-state index contributed by atoms with van der Waals surface area (Å²) >= 11 is 0. The predicted molar refractivity (Wildman–Crippen MR) is 64.3 cm³/mol. The van der Waals surface area contributed by atoms with Crippen LogP contribution in [-0.2, 0) is 16.0 Å². The number of piperazine rings is 1. The summed E-state index contributed by atoms with van der Waals surface area (Å²) in [5, 5.41) is 2.52. The van der Waals surface area contributed by atoms with Crippen LogP contribution in [0.25, 0.3) is 0 Å². The largest absolute Gasteiger partial charge is 0.345 e. The lowest BCUT2D eigenvalue weighted by molar-refractivity contribution is -0.144. The number of benzene rings is 1. The molecule has 0 radical (unpaired) electrons. The highest BCUT2D eigenvalue weighted by molar-refractivity contribution is 5.94. The van der Waals surface area contributed by atoms with Gasteiger partial charge in [-0.15, -0.1) is 0 Å². The fraction of sp³-hybridized carbons (Fsp3) is 0.385. The zero-order valence-corrected chi connectivity index (χ0v) is 10.1. The van der Waals surface area contributed by atoms with Crippen LogP contribution in [0.3, 0.4) is 0 Å². The number of amides is 2. The second-order valence-corrected chi connectivity index (χ2v) is 4.32. The van der Waals surface area contributed by atoms with E-state index in [0.29, 0.717) is 18.5 Å². The van der Waals surface area contributed by atoms with E-state index >= 15 is 0 Å². The highest BCUT2D eigenvalue weighted by Crippen LogP contribution is 2.11. The van der Waals surface area contributed by atoms with Crippen molar-refractivity contribution in [2.75, 3.05) is 13.1 Å². The Morgan fingerprint density at radius 3 is 2.83 bits per heavy atom. The lowest BCUT2D eigenvalue weighted by Crippen LogP contribution is -2.57. The second kappa shape index (κ2) is 5.16. The molecule has 1 heterocycles. The summed E-state index contributed by atoms with van der Waals surface area (Å²) in [5.41, 5.74) is 0.559. The average molecular weight is 250 g/mol. The molecule has 1 atom stereocenters. The molecule has 1 unspecified atom stereocenters. The highest BCUT2D eigenvalue weighted by Gasteiger charge is 2.30. The van der Waals surface area contributed by atoms with E-state index in [0.717, 1.165) is 0 Å². The maximum absolute atomic E-state index is 13.4. The molecule has 0 aromatic heterocycles. The van der Waals surface area contributed by atoms with Crippen LogP contribution in [0.4, 0.5) is 4.39 Å². The van der Waals surface area contributed by atoms with E-state index in [1.54, 1.807) is 25.1 Å². The molecule has 1 aliphatic rings. The SMILES string of the molecule is CC1C(=O)NCC(=O)N1CCc1ccccc1F. The molecular formula is C13H15FN2O2. The monoisotopic (exact) mass is 250 g/mol. The summed E-state index contributed by atoms with van der Waals surface area (Å²) < 4.78 is 13.4. The minimum atomic E-state index is -0.488. The molecule has 0 bridgehead atoms. The first-order valence-electron chi connectivity index (χ1n) is 5.90. The summed E-state index contributed by atoms with van der Waals surface area (Å²) in [4.78, 5) is 24.6. The average Bonchev–Trinajstić information content (AvgIpc) is 2.36. The normalized spacial score (nSPS) is 19.9. The quantitative estimate of drug-likeness (QED) is 0.859. The topological polar surface area (TPSA) is 49.4 Å². The maximum Gasteiger partial charge on any atom is 0.242 e. The van der Waals surface area contributed by atoms with Gasteiger partial charge in [0.15, 0.2) is 0 Å². The van der Waals surface area contributed by atoms with Crippen molar-refractivity contribution in [3.8, 4) is 0 Å². The molecule has 1 saturated heterocycles. The summed E-state index contributed by atoms with van der Waals surface area (Å²) in [6.07, 6.45) is 0.413. The Kier molecular flexibility index (Phi) is 3.60. The van der Waals surface area contributed by atoms with E-state index in [1.165, 1.54) is 11.0 Å². The highest BCUT2D eigenvalue weighted by atomic mass is 19.1. The number of carbonyl (C=O) groups excluding carboxylic acids is 2. The van der Waals surface area contributed by atoms with Crippen molar-refractivity contribution in [1.82, 2.24) is 10.2 Å². The van der Waals surface area contributed by atoms with Gasteiger partial charge in [-0.2, -0.15) is 0 Å². The zero-order valence-electron chi connectivity index (χ0n) is 10.1. The number of rotatable bonds is 3. The lowest BCUT2D eigenvalue weighted by atomic mass is 10.1. The second-order valence-electron chi connectivity index (χ2n) is 4.32. The molecule has 1 aromatic carbocycles. The standard InChI is InChI=1S/C13H15FN2O2/c1-9-13(18)15-8-12(17)16(9)7-6-10-4-2-3-5-11(10)14/h2-5,9H,6-8H2,1H3,(H,15,18). The molecule has 1 aromatic rings. The number of nitrogens with one attached hydrogen (secondary N) is 1. The molecule has 2 amide bonds. The van der Waals surface area contributed by atoms with Gasteiger partial charge in [-0.25, -0.2) is 4.39 Å². The molecule has 96 valence electrons. The van der Waals surface area contributed by atoms with Gasteiger partial charge in [-0.1, -0.05) is 18.2 Å². The number of halogens is 1. The molecule has 4 nitrogen and oxygen atoms in total. The third-order valence-corrected chi connectivity index (χ3v) is 3.16. The fourth-order valence-corrected chi connectivity index (χ4v) is 2.03. The number of nitrogens with zero attached hydrogens (tertiary/aromatic N) is 1. The third kappa shape index (κ3) is 2.50. The van der Waals surface area contributed by atoms with Gasteiger partial charge in [0.2, 0.25) is 11.8 Å². The molecular weight excluding hydrogens is 235 g/mol. The van der Waals surface area contributed by atoms with Crippen molar-refractivity contribution in [2.45, 2.75) is 19.4 Å². The van der Waals surface area contributed by atoms with Crippen LogP contribution < -0.4 is 5.32 Å². The van der Waals surface area contributed by atoms with Crippen LogP contribution in [-0.4, -0.2) is 35.8 Å². The first-order valence-corrected chi connectivity index (χ1v) is 5.90. The first kappa shape index (κ1) is 12.5. The smallest absolute Gasteiger partial charge is 0.242 e. The third-order valence-electron chi connectivity index (χ3n) is 3.16. The summed E-state index contributed by atoms with van der Waals surface area (Å²) in [6.45, 7) is 2.06.